The Balaban J connectivity index is 2.45. The molecule has 0 aromatic heterocycles. The van der Waals surface area contributed by atoms with E-state index in [-0.39, 0.29) is 29.2 Å². The van der Waals surface area contributed by atoms with Gasteiger partial charge in [-0.2, -0.15) is 0 Å². The minimum atomic E-state index is -3.90. The molecular weight excluding hydrogens is 509 g/mol. The van der Waals surface area contributed by atoms with Crippen LogP contribution in [0.4, 0.5) is 10.1 Å². The first-order chi connectivity index (χ1) is 16.9. The van der Waals surface area contributed by atoms with Crippen LogP contribution in [0, 0.1) is 5.82 Å². The van der Waals surface area contributed by atoms with Crippen molar-refractivity contribution in [3.63, 3.8) is 0 Å². The maximum atomic E-state index is 13.6. The zero-order chi connectivity index (χ0) is 27.0. The minimum Gasteiger partial charge on any atom is -0.495 e. The molecule has 0 spiro atoms. The van der Waals surface area contributed by atoms with E-state index in [1.807, 2.05) is 13.8 Å². The second-order valence-corrected chi connectivity index (χ2v) is 10.8. The van der Waals surface area contributed by atoms with Gasteiger partial charge in [0.15, 0.2) is 0 Å². The quantitative estimate of drug-likeness (QED) is 0.438. The molecule has 0 aliphatic heterocycles. The zero-order valence-corrected chi connectivity index (χ0v) is 22.7. The summed E-state index contributed by atoms with van der Waals surface area (Å²) < 4.78 is 44.9. The van der Waals surface area contributed by atoms with Gasteiger partial charge in [0, 0.05) is 12.6 Å². The summed E-state index contributed by atoms with van der Waals surface area (Å²) in [6.07, 6.45) is 1.98. The zero-order valence-electron chi connectivity index (χ0n) is 21.1. The summed E-state index contributed by atoms with van der Waals surface area (Å²) >= 11 is 6.19. The molecule has 11 heteroatoms. The number of carbonyl (C=O) groups excluding carboxylic acids is 2. The van der Waals surface area contributed by atoms with Crippen LogP contribution in [0.5, 0.6) is 5.75 Å². The van der Waals surface area contributed by atoms with Crippen molar-refractivity contribution in [3.05, 3.63) is 58.9 Å². The van der Waals surface area contributed by atoms with Crippen molar-refractivity contribution in [2.75, 3.05) is 24.2 Å². The van der Waals surface area contributed by atoms with Gasteiger partial charge in [-0.05, 0) is 55.7 Å². The molecule has 0 heterocycles. The number of carbonyl (C=O) groups is 2. The van der Waals surface area contributed by atoms with Gasteiger partial charge in [0.2, 0.25) is 21.8 Å². The summed E-state index contributed by atoms with van der Waals surface area (Å²) in [6, 6.07) is 8.98. The Morgan fingerprint density at radius 1 is 1.11 bits per heavy atom. The molecule has 0 aliphatic carbocycles. The molecule has 1 N–H and O–H groups in total. The van der Waals surface area contributed by atoms with Crippen LogP contribution in [0.3, 0.4) is 0 Å². The largest absolute Gasteiger partial charge is 0.495 e. The Morgan fingerprint density at radius 3 is 2.25 bits per heavy atom. The summed E-state index contributed by atoms with van der Waals surface area (Å²) in [6.45, 7) is 4.98. The fourth-order valence-electron chi connectivity index (χ4n) is 3.57. The van der Waals surface area contributed by atoms with Crippen molar-refractivity contribution in [3.8, 4) is 5.75 Å². The number of methoxy groups -OCH3 is 1. The average molecular weight is 542 g/mol. The van der Waals surface area contributed by atoms with Crippen LogP contribution in [-0.2, 0) is 26.2 Å². The molecular formula is C25H33ClFN3O5S. The lowest BCUT2D eigenvalue weighted by Crippen LogP contribution is -2.53. The first-order valence-electron chi connectivity index (χ1n) is 11.6. The van der Waals surface area contributed by atoms with Gasteiger partial charge in [-0.25, -0.2) is 12.8 Å². The third-order valence-corrected chi connectivity index (χ3v) is 7.19. The smallest absolute Gasteiger partial charge is 0.244 e. The Bertz CT molecular complexity index is 1160. The minimum absolute atomic E-state index is 0.00742. The van der Waals surface area contributed by atoms with Gasteiger partial charge in [-0.1, -0.05) is 37.6 Å². The summed E-state index contributed by atoms with van der Waals surface area (Å²) in [4.78, 5) is 28.0. The molecule has 198 valence electrons. The van der Waals surface area contributed by atoms with Gasteiger partial charge in [0.05, 0.1) is 24.1 Å². The number of amides is 2. The summed E-state index contributed by atoms with van der Waals surface area (Å²) in [5, 5.41) is 3.07. The molecule has 2 atom stereocenters. The number of hydrogen-bond donors (Lipinski definition) is 1. The summed E-state index contributed by atoms with van der Waals surface area (Å²) in [7, 11) is -2.47. The van der Waals surface area contributed by atoms with Crippen molar-refractivity contribution >= 4 is 39.1 Å². The highest BCUT2D eigenvalue weighted by atomic mass is 35.5. The predicted molar refractivity (Wildman–Crippen MR) is 139 cm³/mol. The molecule has 0 bridgehead atoms. The van der Waals surface area contributed by atoms with E-state index in [4.69, 9.17) is 16.3 Å². The topological polar surface area (TPSA) is 96.0 Å². The van der Waals surface area contributed by atoms with Gasteiger partial charge < -0.3 is 15.0 Å². The summed E-state index contributed by atoms with van der Waals surface area (Å²) in [5.41, 5.74) is 0.772. The van der Waals surface area contributed by atoms with Crippen LogP contribution < -0.4 is 14.4 Å². The highest BCUT2D eigenvalue weighted by molar-refractivity contribution is 7.92. The number of hydrogen-bond acceptors (Lipinski definition) is 5. The normalized spacial score (nSPS) is 13.0. The van der Waals surface area contributed by atoms with Gasteiger partial charge in [0.25, 0.3) is 0 Å². The van der Waals surface area contributed by atoms with Crippen LogP contribution in [0.15, 0.2) is 42.5 Å². The van der Waals surface area contributed by atoms with Crippen LogP contribution in [0.1, 0.15) is 39.2 Å². The fraction of sp³-hybridized carbons (Fsp3) is 0.440. The summed E-state index contributed by atoms with van der Waals surface area (Å²) in [5.74, 6) is -1.02. The van der Waals surface area contributed by atoms with E-state index >= 15 is 0 Å². The maximum absolute atomic E-state index is 13.6. The number of sulfonamides is 1. The third kappa shape index (κ3) is 7.83. The van der Waals surface area contributed by atoms with E-state index in [9.17, 15) is 22.4 Å². The van der Waals surface area contributed by atoms with Crippen molar-refractivity contribution in [2.45, 2.75) is 52.2 Å². The molecule has 36 heavy (non-hydrogen) atoms. The Hall–Kier alpha value is -2.85. The van der Waals surface area contributed by atoms with Crippen LogP contribution in [0.25, 0.3) is 0 Å². The molecule has 2 aromatic rings. The average Bonchev–Trinajstić information content (AvgIpc) is 2.82. The van der Waals surface area contributed by atoms with E-state index < -0.39 is 34.3 Å². The van der Waals surface area contributed by atoms with Gasteiger partial charge in [0.1, 0.15) is 24.2 Å². The standard InChI is InChI=1S/C25H33ClFN3O5S/c1-6-17(3)28-25(32)22(7-2)29(15-18-8-10-19(27)11-9-18)24(31)16-30(36(5,33)34)20-12-13-23(35-4)21(26)14-20/h8-14,17,22H,6-7,15-16H2,1-5H3,(H,28,32)/t17-,22+/m1/s1. The lowest BCUT2D eigenvalue weighted by atomic mass is 10.1. The molecule has 0 aliphatic rings. The van der Waals surface area contributed by atoms with Crippen LogP contribution in [0.2, 0.25) is 5.02 Å². The lowest BCUT2D eigenvalue weighted by molar-refractivity contribution is -0.140. The number of anilines is 1. The van der Waals surface area contributed by atoms with E-state index in [0.717, 1.165) is 10.6 Å². The highest BCUT2D eigenvalue weighted by Crippen LogP contribution is 2.30. The fourth-order valence-corrected chi connectivity index (χ4v) is 4.66. The van der Waals surface area contributed by atoms with E-state index in [1.165, 1.54) is 54.5 Å². The molecule has 8 nitrogen and oxygen atoms in total. The molecule has 0 unspecified atom stereocenters. The van der Waals surface area contributed by atoms with Gasteiger partial charge in [-0.15, -0.1) is 0 Å². The first kappa shape index (κ1) is 29.4. The molecule has 2 rings (SSSR count). The van der Waals surface area contributed by atoms with Gasteiger partial charge in [-0.3, -0.25) is 13.9 Å². The second kappa shape index (κ2) is 12.9. The van der Waals surface area contributed by atoms with E-state index in [0.29, 0.717) is 24.2 Å². The monoisotopic (exact) mass is 541 g/mol. The molecule has 0 saturated heterocycles. The van der Waals surface area contributed by atoms with Crippen molar-refractivity contribution in [1.82, 2.24) is 10.2 Å². The lowest BCUT2D eigenvalue weighted by Gasteiger charge is -2.33. The van der Waals surface area contributed by atoms with Gasteiger partial charge >= 0.3 is 0 Å². The Morgan fingerprint density at radius 2 is 1.75 bits per heavy atom. The van der Waals surface area contributed by atoms with E-state index in [1.54, 1.807) is 6.92 Å². The molecule has 2 aromatic carbocycles. The number of benzene rings is 2. The van der Waals surface area contributed by atoms with Crippen molar-refractivity contribution in [2.24, 2.45) is 0 Å². The SMILES string of the molecule is CC[C@@H](C)NC(=O)[C@H](CC)N(Cc1ccc(F)cc1)C(=O)CN(c1ccc(OC)c(Cl)c1)S(C)(=O)=O. The third-order valence-electron chi connectivity index (χ3n) is 5.76. The number of rotatable bonds is 12. The predicted octanol–water partition coefficient (Wildman–Crippen LogP) is 3.98. The first-order valence-corrected chi connectivity index (χ1v) is 13.8. The molecule has 2 amide bonds. The van der Waals surface area contributed by atoms with Crippen LogP contribution in [-0.4, -0.2) is 57.1 Å². The number of nitrogens with zero attached hydrogens (tertiary/aromatic N) is 2. The van der Waals surface area contributed by atoms with Crippen LogP contribution >= 0.6 is 11.6 Å². The molecule has 0 saturated carbocycles. The maximum Gasteiger partial charge on any atom is 0.244 e. The number of nitrogens with one attached hydrogen (secondary N) is 1. The highest BCUT2D eigenvalue weighted by Gasteiger charge is 2.32. The number of ether oxygens (including phenoxy) is 1. The van der Waals surface area contributed by atoms with E-state index in [2.05, 4.69) is 5.32 Å². The van der Waals surface area contributed by atoms with Crippen molar-refractivity contribution < 1.29 is 27.1 Å². The molecule has 0 fully saturated rings. The number of halogens is 2. The molecule has 0 radical (unpaired) electrons. The Labute approximate surface area is 217 Å². The Kier molecular flexibility index (Phi) is 10.5. The van der Waals surface area contributed by atoms with Crippen molar-refractivity contribution in [1.29, 1.82) is 0 Å². The second-order valence-electron chi connectivity index (χ2n) is 8.48.